The molecule has 0 fully saturated rings. The van der Waals surface area contributed by atoms with Crippen molar-refractivity contribution in [2.24, 2.45) is 0 Å². The van der Waals surface area contributed by atoms with Gasteiger partial charge in [0, 0.05) is 0 Å². The predicted octanol–water partition coefficient (Wildman–Crippen LogP) is 2.22. The van der Waals surface area contributed by atoms with Gasteiger partial charge in [-0.2, -0.15) is 0 Å². The quantitative estimate of drug-likeness (QED) is 0.595. The van der Waals surface area contributed by atoms with Crippen LogP contribution in [0.15, 0.2) is 22.1 Å². The molecule has 1 aliphatic rings. The molecular weight excluding hydrogens is 181 g/mol. The Balaban J connectivity index is 2.51. The fraction of sp³-hybridized carbons (Fsp3) is 0.556. The summed E-state index contributed by atoms with van der Waals surface area (Å²) in [5, 5.41) is 0. The van der Waals surface area contributed by atoms with Crippen LogP contribution in [0.5, 0.6) is 0 Å². The molecule has 0 aromatic rings. The Bertz CT molecular complexity index is 175. The Morgan fingerprint density at radius 1 is 1.50 bits per heavy atom. The van der Waals surface area contributed by atoms with E-state index in [1.807, 2.05) is 4.41 Å². The van der Waals surface area contributed by atoms with Crippen LogP contribution in [0.25, 0.3) is 0 Å². The van der Waals surface area contributed by atoms with Crippen LogP contribution in [-0.4, -0.2) is 15.4 Å². The normalized spacial score (nSPS) is 18.8. The van der Waals surface area contributed by atoms with Gasteiger partial charge in [0.1, 0.15) is 0 Å². The molecule has 0 N–H and O–H groups in total. The van der Waals surface area contributed by atoms with Crippen molar-refractivity contribution in [1.82, 2.24) is 0 Å². The fourth-order valence-electron chi connectivity index (χ4n) is 1.39. The van der Waals surface area contributed by atoms with Crippen molar-refractivity contribution in [1.29, 1.82) is 0 Å². The average molecular weight is 197 g/mol. The van der Waals surface area contributed by atoms with Crippen LogP contribution in [0.1, 0.15) is 27.2 Å². The molecule has 0 saturated carbocycles. The number of hydrogen-bond acceptors (Lipinski definition) is 0. The summed E-state index contributed by atoms with van der Waals surface area (Å²) in [5.41, 5.74) is 1.58. The van der Waals surface area contributed by atoms with Gasteiger partial charge in [0.25, 0.3) is 0 Å². The first kappa shape index (κ1) is 8.12. The van der Waals surface area contributed by atoms with Gasteiger partial charge in [-0.25, -0.2) is 0 Å². The predicted molar refractivity (Wildman–Crippen MR) is 50.1 cm³/mol. The molecule has 0 aromatic heterocycles. The molecule has 10 heavy (non-hydrogen) atoms. The summed E-state index contributed by atoms with van der Waals surface area (Å²) >= 11 is -0.322. The van der Waals surface area contributed by atoms with Crippen molar-refractivity contribution >= 4 is 15.4 Å². The van der Waals surface area contributed by atoms with E-state index in [4.69, 9.17) is 0 Å². The molecule has 0 heterocycles. The molecule has 0 radical (unpaired) electrons. The molecule has 0 aromatic carbocycles. The molecule has 0 nitrogen and oxygen atoms in total. The van der Waals surface area contributed by atoms with Gasteiger partial charge in [-0.15, -0.1) is 0 Å². The summed E-state index contributed by atoms with van der Waals surface area (Å²) in [6.07, 6.45) is 5.87. The zero-order valence-corrected chi connectivity index (χ0v) is 10.1. The van der Waals surface area contributed by atoms with Crippen LogP contribution < -0.4 is 0 Å². The summed E-state index contributed by atoms with van der Waals surface area (Å²) < 4.78 is 2.82. The van der Waals surface area contributed by atoms with Gasteiger partial charge in [0.15, 0.2) is 0 Å². The first-order chi connectivity index (χ1) is 4.70. The van der Waals surface area contributed by atoms with E-state index in [-0.39, 0.29) is 15.4 Å². The summed E-state index contributed by atoms with van der Waals surface area (Å²) in [7, 11) is 0. The second-order valence-electron chi connectivity index (χ2n) is 3.49. The number of rotatable bonds is 2. The van der Waals surface area contributed by atoms with Crippen molar-refractivity contribution in [2.45, 2.75) is 31.9 Å². The van der Waals surface area contributed by atoms with Crippen molar-refractivity contribution in [3.8, 4) is 0 Å². The molecule has 0 amide bonds. The van der Waals surface area contributed by atoms with Crippen LogP contribution in [-0.2, 0) is 0 Å². The van der Waals surface area contributed by atoms with Gasteiger partial charge < -0.3 is 0 Å². The molecule has 56 valence electrons. The summed E-state index contributed by atoms with van der Waals surface area (Å²) in [4.78, 5) is 0. The zero-order valence-electron chi connectivity index (χ0n) is 7.15. The minimum absolute atomic E-state index is 0.322. The van der Waals surface area contributed by atoms with Crippen molar-refractivity contribution in [3.63, 3.8) is 0 Å². The maximum atomic E-state index is 2.36. The third-order valence-corrected chi connectivity index (χ3v) is 6.47. The van der Waals surface area contributed by atoms with E-state index in [1.165, 1.54) is 6.42 Å². The van der Waals surface area contributed by atoms with Gasteiger partial charge in [-0.05, 0) is 0 Å². The van der Waals surface area contributed by atoms with Crippen LogP contribution >= 0.6 is 0 Å². The Kier molecular flexibility index (Phi) is 2.78. The Morgan fingerprint density at radius 2 is 2.20 bits per heavy atom. The molecule has 0 spiro atoms. The van der Waals surface area contributed by atoms with E-state index in [0.717, 1.165) is 4.75 Å². The molecule has 0 aliphatic heterocycles. The van der Waals surface area contributed by atoms with Crippen molar-refractivity contribution < 1.29 is 0 Å². The van der Waals surface area contributed by atoms with Gasteiger partial charge in [-0.1, -0.05) is 0 Å². The van der Waals surface area contributed by atoms with Crippen LogP contribution in [0.4, 0.5) is 0 Å². The molecule has 0 saturated heterocycles. The number of allylic oxidation sites excluding steroid dienone is 4. The maximum absolute atomic E-state index is 2.36. The summed E-state index contributed by atoms with van der Waals surface area (Å²) in [5.74, 6) is 0. The second kappa shape index (κ2) is 3.42. The minimum atomic E-state index is -0.322. The summed E-state index contributed by atoms with van der Waals surface area (Å²) in [6, 6.07) is 0. The molecule has 0 bridgehead atoms. The third-order valence-electron chi connectivity index (χ3n) is 1.94. The summed E-state index contributed by atoms with van der Waals surface area (Å²) in [6.45, 7) is 6.98. The van der Waals surface area contributed by atoms with Gasteiger partial charge >= 0.3 is 69.5 Å². The average Bonchev–Trinajstić information content (AvgIpc) is 2.15. The van der Waals surface area contributed by atoms with E-state index in [9.17, 15) is 0 Å². The van der Waals surface area contributed by atoms with Gasteiger partial charge in [0.05, 0.1) is 0 Å². The monoisotopic (exact) mass is 198 g/mol. The van der Waals surface area contributed by atoms with Gasteiger partial charge in [-0.3, -0.25) is 0 Å². The number of hydrogen-bond donors (Lipinski definition) is 0. The van der Waals surface area contributed by atoms with E-state index in [0.29, 0.717) is 0 Å². The van der Waals surface area contributed by atoms with E-state index < -0.39 is 0 Å². The molecular formula is C9H16Ge. The van der Waals surface area contributed by atoms with Crippen LogP contribution in [0.3, 0.4) is 0 Å². The van der Waals surface area contributed by atoms with Crippen molar-refractivity contribution in [3.05, 3.63) is 22.1 Å². The first-order valence-corrected chi connectivity index (χ1v) is 7.25. The van der Waals surface area contributed by atoms with E-state index in [1.54, 1.807) is 5.57 Å². The second-order valence-corrected chi connectivity index (χ2v) is 9.56. The molecule has 0 atom stereocenters. The van der Waals surface area contributed by atoms with Crippen molar-refractivity contribution in [2.75, 3.05) is 0 Å². The van der Waals surface area contributed by atoms with E-state index in [2.05, 4.69) is 32.9 Å². The third kappa shape index (κ3) is 2.01. The fourth-order valence-corrected chi connectivity index (χ4v) is 5.08. The molecule has 1 aliphatic carbocycles. The Morgan fingerprint density at radius 3 is 2.60 bits per heavy atom. The topological polar surface area (TPSA) is 0 Å². The molecule has 0 unspecified atom stereocenters. The van der Waals surface area contributed by atoms with Crippen LogP contribution in [0, 0.1) is 0 Å². The standard InChI is InChI=1S/C9H16Ge/c1-7(2)10-9-6-4-5-8(9)3/h4-5,7H,6,10H2,1-3H3. The van der Waals surface area contributed by atoms with Crippen LogP contribution in [0.2, 0.25) is 4.75 Å². The molecule has 1 heteroatoms. The Labute approximate surface area is 69.9 Å². The van der Waals surface area contributed by atoms with E-state index >= 15 is 0 Å². The SMILES string of the molecule is CC1=[C]([GeH2][CH](C)C)CC=C1. The Hall–Kier alpha value is 0.0229. The van der Waals surface area contributed by atoms with Gasteiger partial charge in [0.2, 0.25) is 0 Å². The molecule has 1 rings (SSSR count). The zero-order chi connectivity index (χ0) is 7.56. The first-order valence-electron chi connectivity index (χ1n) is 4.05.